The summed E-state index contributed by atoms with van der Waals surface area (Å²) in [6, 6.07) is 1.81. The summed E-state index contributed by atoms with van der Waals surface area (Å²) < 4.78 is 0. The Kier molecular flexibility index (Phi) is 5.44. The average Bonchev–Trinajstić information content (AvgIpc) is 2.48. The van der Waals surface area contributed by atoms with Crippen molar-refractivity contribution in [2.75, 3.05) is 43.1 Å². The van der Waals surface area contributed by atoms with Crippen molar-refractivity contribution in [3.05, 3.63) is 18.5 Å². The zero-order chi connectivity index (χ0) is 13.5. The van der Waals surface area contributed by atoms with Crippen LogP contribution in [0.15, 0.2) is 18.5 Å². The van der Waals surface area contributed by atoms with Gasteiger partial charge in [-0.25, -0.2) is 9.97 Å². The highest BCUT2D eigenvalue weighted by atomic mass is 32.2. The lowest BCUT2D eigenvalue weighted by atomic mass is 10.2. The van der Waals surface area contributed by atoms with Crippen molar-refractivity contribution < 1.29 is 4.79 Å². The molecular weight excluding hydrogens is 260 g/mol. The van der Waals surface area contributed by atoms with E-state index in [-0.39, 0.29) is 5.91 Å². The van der Waals surface area contributed by atoms with Gasteiger partial charge >= 0.3 is 0 Å². The molecule has 0 saturated carbocycles. The summed E-state index contributed by atoms with van der Waals surface area (Å²) in [7, 11) is 0. The van der Waals surface area contributed by atoms with Crippen LogP contribution in [-0.4, -0.2) is 59.0 Å². The molecular formula is C13H20N4OS. The number of aromatic nitrogens is 2. The predicted molar refractivity (Wildman–Crippen MR) is 78.4 cm³/mol. The summed E-state index contributed by atoms with van der Waals surface area (Å²) in [6.07, 6.45) is 7.22. The van der Waals surface area contributed by atoms with E-state index in [0.29, 0.717) is 6.42 Å². The number of amides is 1. The van der Waals surface area contributed by atoms with Gasteiger partial charge < -0.3 is 9.80 Å². The molecule has 1 fully saturated rings. The van der Waals surface area contributed by atoms with Gasteiger partial charge in [-0.05, 0) is 24.5 Å². The zero-order valence-electron chi connectivity index (χ0n) is 11.3. The summed E-state index contributed by atoms with van der Waals surface area (Å²) >= 11 is 1.79. The summed E-state index contributed by atoms with van der Waals surface area (Å²) in [4.78, 5) is 24.6. The number of hydrogen-bond acceptors (Lipinski definition) is 5. The van der Waals surface area contributed by atoms with Crippen molar-refractivity contribution in [3.8, 4) is 0 Å². The topological polar surface area (TPSA) is 49.3 Å². The Morgan fingerprint density at radius 2 is 1.95 bits per heavy atom. The standard InChI is InChI=1S/C13H20N4OS/c1-19-11-2-4-12(18)16-7-9-17(10-8-16)13-14-5-3-6-15-13/h3,5-6H,2,4,7-11H2,1H3. The molecule has 2 rings (SSSR count). The van der Waals surface area contributed by atoms with Gasteiger partial charge in [-0.3, -0.25) is 4.79 Å². The Balaban J connectivity index is 1.77. The molecule has 1 aromatic heterocycles. The second-order valence-corrected chi connectivity index (χ2v) is 5.50. The smallest absolute Gasteiger partial charge is 0.225 e. The molecule has 6 heteroatoms. The van der Waals surface area contributed by atoms with Crippen LogP contribution in [-0.2, 0) is 4.79 Å². The summed E-state index contributed by atoms with van der Waals surface area (Å²) in [5.74, 6) is 2.10. The fourth-order valence-electron chi connectivity index (χ4n) is 2.14. The van der Waals surface area contributed by atoms with E-state index < -0.39 is 0 Å². The van der Waals surface area contributed by atoms with Gasteiger partial charge in [0.25, 0.3) is 0 Å². The SMILES string of the molecule is CSCCCC(=O)N1CCN(c2ncccn2)CC1. The maximum atomic E-state index is 12.0. The molecule has 0 radical (unpaired) electrons. The molecule has 19 heavy (non-hydrogen) atoms. The molecule has 0 atom stereocenters. The first-order chi connectivity index (χ1) is 9.31. The van der Waals surface area contributed by atoms with Gasteiger partial charge in [0.15, 0.2) is 0 Å². The van der Waals surface area contributed by atoms with E-state index in [0.717, 1.165) is 44.3 Å². The highest BCUT2D eigenvalue weighted by Crippen LogP contribution is 2.11. The lowest BCUT2D eigenvalue weighted by molar-refractivity contribution is -0.131. The molecule has 0 aromatic carbocycles. The van der Waals surface area contributed by atoms with Crippen LogP contribution >= 0.6 is 11.8 Å². The Bertz CT molecular complexity index is 393. The Labute approximate surface area is 118 Å². The van der Waals surface area contributed by atoms with Crippen molar-refractivity contribution in [2.24, 2.45) is 0 Å². The monoisotopic (exact) mass is 280 g/mol. The van der Waals surface area contributed by atoms with Gasteiger partial charge in [0.1, 0.15) is 0 Å². The van der Waals surface area contributed by atoms with Gasteiger partial charge in [0.05, 0.1) is 0 Å². The van der Waals surface area contributed by atoms with Crippen molar-refractivity contribution in [1.29, 1.82) is 0 Å². The Hall–Kier alpha value is -1.30. The molecule has 0 unspecified atom stereocenters. The Morgan fingerprint density at radius 1 is 1.26 bits per heavy atom. The summed E-state index contributed by atoms with van der Waals surface area (Å²) in [6.45, 7) is 3.18. The van der Waals surface area contributed by atoms with E-state index in [4.69, 9.17) is 0 Å². The normalized spacial score (nSPS) is 15.6. The van der Waals surface area contributed by atoms with Gasteiger partial charge in [-0.15, -0.1) is 0 Å². The van der Waals surface area contributed by atoms with Crippen LogP contribution in [0, 0.1) is 0 Å². The van der Waals surface area contributed by atoms with E-state index >= 15 is 0 Å². The van der Waals surface area contributed by atoms with Crippen molar-refractivity contribution >= 4 is 23.6 Å². The molecule has 1 aliphatic rings. The summed E-state index contributed by atoms with van der Waals surface area (Å²) in [5, 5.41) is 0. The number of carbonyl (C=O) groups excluding carboxylic acids is 1. The van der Waals surface area contributed by atoms with Crippen molar-refractivity contribution in [1.82, 2.24) is 14.9 Å². The highest BCUT2D eigenvalue weighted by Gasteiger charge is 2.21. The van der Waals surface area contributed by atoms with E-state index in [1.165, 1.54) is 0 Å². The molecule has 1 aromatic rings. The maximum absolute atomic E-state index is 12.0. The highest BCUT2D eigenvalue weighted by molar-refractivity contribution is 7.98. The number of thioether (sulfide) groups is 1. The molecule has 1 aliphatic heterocycles. The quantitative estimate of drug-likeness (QED) is 0.760. The number of rotatable bonds is 5. The van der Waals surface area contributed by atoms with Crippen molar-refractivity contribution in [3.63, 3.8) is 0 Å². The first-order valence-corrected chi connectivity index (χ1v) is 7.99. The first-order valence-electron chi connectivity index (χ1n) is 6.60. The largest absolute Gasteiger partial charge is 0.339 e. The lowest BCUT2D eigenvalue weighted by Gasteiger charge is -2.34. The maximum Gasteiger partial charge on any atom is 0.225 e. The van der Waals surface area contributed by atoms with Crippen LogP contribution in [0.1, 0.15) is 12.8 Å². The minimum Gasteiger partial charge on any atom is -0.339 e. The molecule has 1 amide bonds. The molecule has 0 bridgehead atoms. The molecule has 5 nitrogen and oxygen atoms in total. The van der Waals surface area contributed by atoms with Crippen LogP contribution in [0.5, 0.6) is 0 Å². The third-order valence-electron chi connectivity index (χ3n) is 3.21. The van der Waals surface area contributed by atoms with Gasteiger partial charge in [0.2, 0.25) is 11.9 Å². The van der Waals surface area contributed by atoms with Gasteiger partial charge in [0, 0.05) is 45.0 Å². The minimum absolute atomic E-state index is 0.280. The zero-order valence-corrected chi connectivity index (χ0v) is 12.1. The average molecular weight is 280 g/mol. The predicted octanol–water partition coefficient (Wildman–Crippen LogP) is 1.27. The first kappa shape index (κ1) is 14.1. The van der Waals surface area contributed by atoms with Crippen LogP contribution in [0.4, 0.5) is 5.95 Å². The molecule has 0 aliphatic carbocycles. The number of carbonyl (C=O) groups is 1. The van der Waals surface area contributed by atoms with Gasteiger partial charge in [-0.2, -0.15) is 11.8 Å². The molecule has 1 saturated heterocycles. The number of hydrogen-bond donors (Lipinski definition) is 0. The molecule has 2 heterocycles. The summed E-state index contributed by atoms with van der Waals surface area (Å²) in [5.41, 5.74) is 0. The second kappa shape index (κ2) is 7.33. The molecule has 104 valence electrons. The number of nitrogens with zero attached hydrogens (tertiary/aromatic N) is 4. The third-order valence-corrected chi connectivity index (χ3v) is 3.90. The lowest BCUT2D eigenvalue weighted by Crippen LogP contribution is -2.49. The fourth-order valence-corrected chi connectivity index (χ4v) is 2.57. The minimum atomic E-state index is 0.280. The Morgan fingerprint density at radius 3 is 2.58 bits per heavy atom. The van der Waals surface area contributed by atoms with Crippen LogP contribution in [0.2, 0.25) is 0 Å². The van der Waals surface area contributed by atoms with E-state index in [9.17, 15) is 4.79 Å². The fraction of sp³-hybridized carbons (Fsp3) is 0.615. The number of piperazine rings is 1. The van der Waals surface area contributed by atoms with Crippen molar-refractivity contribution in [2.45, 2.75) is 12.8 Å². The van der Waals surface area contributed by atoms with E-state index in [2.05, 4.69) is 21.1 Å². The van der Waals surface area contributed by atoms with Gasteiger partial charge in [-0.1, -0.05) is 0 Å². The molecule has 0 spiro atoms. The van der Waals surface area contributed by atoms with Crippen LogP contribution in [0.3, 0.4) is 0 Å². The van der Waals surface area contributed by atoms with Crippen LogP contribution in [0.25, 0.3) is 0 Å². The molecule has 0 N–H and O–H groups in total. The van der Waals surface area contributed by atoms with Crippen LogP contribution < -0.4 is 4.90 Å². The third kappa shape index (κ3) is 4.09. The van der Waals surface area contributed by atoms with E-state index in [1.54, 1.807) is 24.2 Å². The number of anilines is 1. The second-order valence-electron chi connectivity index (χ2n) is 4.51. The van der Waals surface area contributed by atoms with E-state index in [1.807, 2.05) is 11.0 Å².